The lowest BCUT2D eigenvalue weighted by Crippen LogP contribution is -2.35. The van der Waals surface area contributed by atoms with Crippen molar-refractivity contribution in [3.05, 3.63) is 31.8 Å². The first-order valence-electron chi connectivity index (χ1n) is 4.99. The Morgan fingerprint density at radius 3 is 2.88 bits per heavy atom. The third-order valence-corrected chi connectivity index (χ3v) is 3.58. The molecule has 0 aliphatic carbocycles. The second kappa shape index (κ2) is 4.21. The summed E-state index contributed by atoms with van der Waals surface area (Å²) < 4.78 is 13.1. The summed E-state index contributed by atoms with van der Waals surface area (Å²) in [4.78, 5) is 27.5. The van der Waals surface area contributed by atoms with Crippen molar-refractivity contribution in [1.82, 2.24) is 9.55 Å². The molecule has 2 aromatic rings. The number of nitrogens with zero attached hydrogens (tertiary/aromatic N) is 1. The smallest absolute Gasteiger partial charge is 0.298 e. The van der Waals surface area contributed by atoms with Crippen LogP contribution in [0.3, 0.4) is 0 Å². The Kier molecular flexibility index (Phi) is 2.91. The zero-order valence-corrected chi connectivity index (χ0v) is 9.57. The summed E-state index contributed by atoms with van der Waals surface area (Å²) in [5.74, 6) is 0. The molecule has 0 saturated carbocycles. The highest BCUT2D eigenvalue weighted by molar-refractivity contribution is 7.18. The highest BCUT2D eigenvalue weighted by Crippen LogP contribution is 2.20. The molecule has 0 spiro atoms. The van der Waals surface area contributed by atoms with Gasteiger partial charge in [0.2, 0.25) is 0 Å². The number of rotatable bonds is 3. The summed E-state index contributed by atoms with van der Waals surface area (Å²) in [7, 11) is 0. The molecule has 2 aromatic heterocycles. The Bertz CT molecular complexity index is 626. The SMILES string of the molecule is CCc1cc2c(=O)n(CCF)c(=O)[nH]c2s1. The van der Waals surface area contributed by atoms with Gasteiger partial charge < -0.3 is 0 Å². The number of nitrogens with one attached hydrogen (secondary N) is 1. The largest absolute Gasteiger partial charge is 0.329 e. The Hall–Kier alpha value is -1.43. The van der Waals surface area contributed by atoms with Gasteiger partial charge in [0.15, 0.2) is 0 Å². The van der Waals surface area contributed by atoms with Crippen molar-refractivity contribution in [3.8, 4) is 0 Å². The molecule has 0 unspecified atom stereocenters. The van der Waals surface area contributed by atoms with E-state index < -0.39 is 17.9 Å². The van der Waals surface area contributed by atoms with Crippen molar-refractivity contribution in [1.29, 1.82) is 0 Å². The molecule has 0 aliphatic heterocycles. The fourth-order valence-electron chi connectivity index (χ4n) is 1.56. The van der Waals surface area contributed by atoms with Crippen LogP contribution in [0.15, 0.2) is 15.7 Å². The van der Waals surface area contributed by atoms with E-state index in [9.17, 15) is 14.0 Å². The summed E-state index contributed by atoms with van der Waals surface area (Å²) in [6.45, 7) is 1.06. The van der Waals surface area contributed by atoms with Gasteiger partial charge in [-0.15, -0.1) is 11.3 Å². The highest BCUT2D eigenvalue weighted by atomic mass is 32.1. The second-order valence-corrected chi connectivity index (χ2v) is 4.52. The van der Waals surface area contributed by atoms with E-state index in [1.807, 2.05) is 6.92 Å². The van der Waals surface area contributed by atoms with Crippen molar-refractivity contribution >= 4 is 21.6 Å². The second-order valence-electron chi connectivity index (χ2n) is 3.38. The average molecular weight is 242 g/mol. The molecule has 6 heteroatoms. The molecule has 0 aliphatic rings. The highest BCUT2D eigenvalue weighted by Gasteiger charge is 2.10. The van der Waals surface area contributed by atoms with Crippen LogP contribution in [0.1, 0.15) is 11.8 Å². The number of aromatic amines is 1. The Labute approximate surface area is 94.4 Å². The first kappa shape index (κ1) is 11.1. The number of halogens is 1. The van der Waals surface area contributed by atoms with Crippen LogP contribution in [0.5, 0.6) is 0 Å². The molecule has 0 bridgehead atoms. The molecule has 0 atom stereocenters. The molecular weight excluding hydrogens is 231 g/mol. The van der Waals surface area contributed by atoms with Crippen LogP contribution in [0, 0.1) is 0 Å². The first-order valence-corrected chi connectivity index (χ1v) is 5.80. The van der Waals surface area contributed by atoms with Gasteiger partial charge in [0.1, 0.15) is 11.5 Å². The van der Waals surface area contributed by atoms with Crippen LogP contribution in [0.4, 0.5) is 4.39 Å². The van der Waals surface area contributed by atoms with Gasteiger partial charge in [-0.2, -0.15) is 0 Å². The molecule has 0 radical (unpaired) electrons. The maximum absolute atomic E-state index is 12.2. The number of aryl methyl sites for hydroxylation is 1. The minimum atomic E-state index is -0.723. The third-order valence-electron chi connectivity index (χ3n) is 2.38. The summed E-state index contributed by atoms with van der Waals surface area (Å²) >= 11 is 1.39. The van der Waals surface area contributed by atoms with Gasteiger partial charge in [-0.25, -0.2) is 9.18 Å². The monoisotopic (exact) mass is 242 g/mol. The molecule has 4 nitrogen and oxygen atoms in total. The minimum absolute atomic E-state index is 0.193. The Morgan fingerprint density at radius 1 is 1.50 bits per heavy atom. The molecule has 16 heavy (non-hydrogen) atoms. The van der Waals surface area contributed by atoms with Crippen LogP contribution in [-0.2, 0) is 13.0 Å². The Balaban J connectivity index is 2.76. The first-order chi connectivity index (χ1) is 7.67. The predicted octanol–water partition coefficient (Wildman–Crippen LogP) is 1.28. The standard InChI is InChI=1S/C10H11FN2O2S/c1-2-6-5-7-8(16-6)12-10(15)13(4-3-11)9(7)14/h5H,2-4H2,1H3,(H,12,15). The van der Waals surface area contributed by atoms with Crippen molar-refractivity contribution in [2.45, 2.75) is 19.9 Å². The van der Waals surface area contributed by atoms with Crippen molar-refractivity contribution in [3.63, 3.8) is 0 Å². The predicted molar refractivity (Wildman–Crippen MR) is 62.1 cm³/mol. The van der Waals surface area contributed by atoms with E-state index in [0.717, 1.165) is 15.9 Å². The van der Waals surface area contributed by atoms with E-state index in [1.54, 1.807) is 6.07 Å². The van der Waals surface area contributed by atoms with E-state index in [4.69, 9.17) is 0 Å². The summed E-state index contributed by atoms with van der Waals surface area (Å²) in [5, 5.41) is 0.468. The van der Waals surface area contributed by atoms with Gasteiger partial charge in [-0.3, -0.25) is 14.3 Å². The van der Waals surface area contributed by atoms with E-state index >= 15 is 0 Å². The molecule has 86 valence electrons. The maximum Gasteiger partial charge on any atom is 0.329 e. The summed E-state index contributed by atoms with van der Waals surface area (Å²) in [6.07, 6.45) is 0.809. The minimum Gasteiger partial charge on any atom is -0.298 e. The summed E-state index contributed by atoms with van der Waals surface area (Å²) in [5.41, 5.74) is -0.952. The van der Waals surface area contributed by atoms with E-state index in [1.165, 1.54) is 11.3 Å². The number of H-pyrrole nitrogens is 1. The lowest BCUT2D eigenvalue weighted by atomic mass is 10.3. The number of hydrogen-bond donors (Lipinski definition) is 1. The van der Waals surface area contributed by atoms with Crippen LogP contribution in [0.25, 0.3) is 10.2 Å². The van der Waals surface area contributed by atoms with Gasteiger partial charge in [0, 0.05) is 4.88 Å². The van der Waals surface area contributed by atoms with Crippen LogP contribution in [-0.4, -0.2) is 16.2 Å². The molecule has 2 heterocycles. The van der Waals surface area contributed by atoms with Crippen LogP contribution in [0.2, 0.25) is 0 Å². The van der Waals surface area contributed by atoms with Crippen LogP contribution >= 0.6 is 11.3 Å². The van der Waals surface area contributed by atoms with Gasteiger partial charge >= 0.3 is 5.69 Å². The fraction of sp³-hybridized carbons (Fsp3) is 0.400. The van der Waals surface area contributed by atoms with E-state index in [-0.39, 0.29) is 6.54 Å². The number of fused-ring (bicyclic) bond motifs is 1. The zero-order valence-electron chi connectivity index (χ0n) is 8.75. The van der Waals surface area contributed by atoms with Gasteiger partial charge in [0.25, 0.3) is 5.56 Å². The quantitative estimate of drug-likeness (QED) is 0.881. The summed E-state index contributed by atoms with van der Waals surface area (Å²) in [6, 6.07) is 1.76. The lowest BCUT2D eigenvalue weighted by Gasteiger charge is -1.99. The van der Waals surface area contributed by atoms with Crippen molar-refractivity contribution < 1.29 is 4.39 Å². The lowest BCUT2D eigenvalue weighted by molar-refractivity contribution is 0.434. The third kappa shape index (κ3) is 1.69. The maximum atomic E-state index is 12.2. The molecule has 0 fully saturated rings. The van der Waals surface area contributed by atoms with E-state index in [0.29, 0.717) is 10.2 Å². The number of hydrogen-bond acceptors (Lipinski definition) is 3. The van der Waals surface area contributed by atoms with Gasteiger partial charge in [-0.05, 0) is 12.5 Å². The molecule has 1 N–H and O–H groups in total. The number of aromatic nitrogens is 2. The van der Waals surface area contributed by atoms with Crippen molar-refractivity contribution in [2.24, 2.45) is 0 Å². The number of thiophene rings is 1. The Morgan fingerprint density at radius 2 is 2.25 bits per heavy atom. The van der Waals surface area contributed by atoms with Gasteiger partial charge in [-0.1, -0.05) is 6.92 Å². The normalized spacial score (nSPS) is 11.1. The molecule has 0 saturated heterocycles. The fourth-order valence-corrected chi connectivity index (χ4v) is 2.54. The zero-order chi connectivity index (χ0) is 11.7. The molecule has 0 amide bonds. The molecule has 0 aromatic carbocycles. The number of alkyl halides is 1. The molecule has 2 rings (SSSR count). The van der Waals surface area contributed by atoms with E-state index in [2.05, 4.69) is 4.98 Å². The average Bonchev–Trinajstić information content (AvgIpc) is 2.67. The topological polar surface area (TPSA) is 54.9 Å². The molecular formula is C10H11FN2O2S. The van der Waals surface area contributed by atoms with Crippen molar-refractivity contribution in [2.75, 3.05) is 6.67 Å². The van der Waals surface area contributed by atoms with Crippen LogP contribution < -0.4 is 11.2 Å². The van der Waals surface area contributed by atoms with Gasteiger partial charge in [0.05, 0.1) is 11.9 Å².